The summed E-state index contributed by atoms with van der Waals surface area (Å²) in [6.07, 6.45) is -1.74. The first-order chi connectivity index (χ1) is 15.7. The number of amides is 2. The lowest BCUT2D eigenvalue weighted by atomic mass is 10.0. The molecule has 4 rings (SSSR count). The second-order valence-corrected chi connectivity index (χ2v) is 7.86. The Morgan fingerprint density at radius 1 is 1.21 bits per heavy atom. The van der Waals surface area contributed by atoms with Crippen molar-refractivity contribution in [2.24, 2.45) is 5.73 Å². The summed E-state index contributed by atoms with van der Waals surface area (Å²) in [5.74, 6) is -0.490. The monoisotopic (exact) mass is 457 g/mol. The van der Waals surface area contributed by atoms with Crippen LogP contribution in [0.4, 0.5) is 24.8 Å². The van der Waals surface area contributed by atoms with Crippen LogP contribution in [0.15, 0.2) is 55.1 Å². The standard InChI is InChI=1S/C23H22F3N5O2/c1-2-20(32)30-10-4-7-17(13-30)31-19-9-8-14(21(27)33)11-18(19)29-22(31)28-16-6-3-5-15(12-16)23(24,25)26/h2-3,5-6,8-9,11-12,17H,1,4,7,10,13H2,(H2,27,33)(H,28,29). The molecular weight excluding hydrogens is 435 g/mol. The van der Waals surface area contributed by atoms with Gasteiger partial charge in [0.05, 0.1) is 22.6 Å². The van der Waals surface area contributed by atoms with Crippen LogP contribution in [0.3, 0.4) is 0 Å². The van der Waals surface area contributed by atoms with Crippen molar-refractivity contribution in [3.8, 4) is 0 Å². The van der Waals surface area contributed by atoms with Crippen LogP contribution >= 0.6 is 0 Å². The SMILES string of the molecule is C=CC(=O)N1CCCC(n2c(Nc3cccc(C(F)(F)F)c3)nc3cc(C(N)=O)ccc32)C1. The highest BCUT2D eigenvalue weighted by Crippen LogP contribution is 2.34. The number of piperidine rings is 1. The highest BCUT2D eigenvalue weighted by molar-refractivity contribution is 5.96. The highest BCUT2D eigenvalue weighted by atomic mass is 19.4. The molecule has 0 bridgehead atoms. The molecule has 1 atom stereocenters. The third kappa shape index (κ3) is 4.55. The molecule has 7 nitrogen and oxygen atoms in total. The number of aromatic nitrogens is 2. The molecule has 1 unspecified atom stereocenters. The predicted octanol–water partition coefficient (Wildman–Crippen LogP) is 4.25. The van der Waals surface area contributed by atoms with Gasteiger partial charge in [-0.15, -0.1) is 0 Å². The molecule has 2 amide bonds. The smallest absolute Gasteiger partial charge is 0.366 e. The van der Waals surface area contributed by atoms with Crippen LogP contribution in [0, 0.1) is 0 Å². The molecule has 0 saturated carbocycles. The number of alkyl halides is 3. The van der Waals surface area contributed by atoms with Gasteiger partial charge in [0, 0.05) is 24.3 Å². The molecule has 1 saturated heterocycles. The minimum Gasteiger partial charge on any atom is -0.366 e. The molecule has 0 radical (unpaired) electrons. The van der Waals surface area contributed by atoms with Crippen molar-refractivity contribution in [1.82, 2.24) is 14.5 Å². The molecular formula is C23H22F3N5O2. The van der Waals surface area contributed by atoms with Crippen molar-refractivity contribution in [3.63, 3.8) is 0 Å². The van der Waals surface area contributed by atoms with E-state index in [1.54, 1.807) is 23.1 Å². The third-order valence-electron chi connectivity index (χ3n) is 5.67. The Morgan fingerprint density at radius 2 is 2.00 bits per heavy atom. The maximum Gasteiger partial charge on any atom is 0.416 e. The Morgan fingerprint density at radius 3 is 2.70 bits per heavy atom. The quantitative estimate of drug-likeness (QED) is 0.561. The molecule has 0 aliphatic carbocycles. The van der Waals surface area contributed by atoms with Gasteiger partial charge in [0.25, 0.3) is 0 Å². The van der Waals surface area contributed by atoms with E-state index in [1.165, 1.54) is 18.2 Å². The summed E-state index contributed by atoms with van der Waals surface area (Å²) in [5, 5.41) is 2.99. The number of hydrogen-bond donors (Lipinski definition) is 2. The summed E-state index contributed by atoms with van der Waals surface area (Å²) in [6.45, 7) is 4.53. The van der Waals surface area contributed by atoms with Crippen molar-refractivity contribution < 1.29 is 22.8 Å². The van der Waals surface area contributed by atoms with Crippen LogP contribution in [0.2, 0.25) is 0 Å². The average Bonchev–Trinajstić information content (AvgIpc) is 3.15. The first-order valence-corrected chi connectivity index (χ1v) is 10.3. The number of primary amides is 1. The summed E-state index contributed by atoms with van der Waals surface area (Å²) in [6, 6.07) is 9.47. The van der Waals surface area contributed by atoms with Crippen molar-refractivity contribution in [2.45, 2.75) is 25.1 Å². The van der Waals surface area contributed by atoms with E-state index in [4.69, 9.17) is 5.73 Å². The van der Waals surface area contributed by atoms with E-state index in [-0.39, 0.29) is 23.2 Å². The maximum absolute atomic E-state index is 13.2. The molecule has 172 valence electrons. The number of benzene rings is 2. The van der Waals surface area contributed by atoms with Gasteiger partial charge in [0.2, 0.25) is 17.8 Å². The number of hydrogen-bond acceptors (Lipinski definition) is 4. The van der Waals surface area contributed by atoms with E-state index in [2.05, 4.69) is 16.9 Å². The number of nitrogens with two attached hydrogens (primary N) is 1. The number of carbonyl (C=O) groups excluding carboxylic acids is 2. The van der Waals surface area contributed by atoms with E-state index in [1.807, 2.05) is 4.57 Å². The van der Waals surface area contributed by atoms with Gasteiger partial charge in [-0.3, -0.25) is 9.59 Å². The number of halogens is 3. The van der Waals surface area contributed by atoms with E-state index in [0.29, 0.717) is 30.1 Å². The van der Waals surface area contributed by atoms with Gasteiger partial charge in [0.15, 0.2) is 0 Å². The molecule has 3 aromatic rings. The van der Waals surface area contributed by atoms with Gasteiger partial charge in [-0.05, 0) is 55.3 Å². The van der Waals surface area contributed by atoms with Crippen molar-refractivity contribution in [3.05, 3.63) is 66.2 Å². The number of likely N-dealkylation sites (tertiary alicyclic amines) is 1. The second kappa shape index (κ2) is 8.61. The number of imidazole rings is 1. The molecule has 10 heteroatoms. The van der Waals surface area contributed by atoms with E-state index in [9.17, 15) is 22.8 Å². The highest BCUT2D eigenvalue weighted by Gasteiger charge is 2.31. The van der Waals surface area contributed by atoms with Crippen molar-refractivity contribution in [1.29, 1.82) is 0 Å². The van der Waals surface area contributed by atoms with Crippen LogP contribution < -0.4 is 11.1 Å². The fourth-order valence-electron chi connectivity index (χ4n) is 4.11. The fraction of sp³-hybridized carbons (Fsp3) is 0.261. The number of anilines is 2. The fourth-order valence-corrected chi connectivity index (χ4v) is 4.11. The predicted molar refractivity (Wildman–Crippen MR) is 118 cm³/mol. The molecule has 1 fully saturated rings. The van der Waals surface area contributed by atoms with Crippen LogP contribution in [0.25, 0.3) is 11.0 Å². The molecule has 2 heterocycles. The molecule has 33 heavy (non-hydrogen) atoms. The molecule has 1 aliphatic heterocycles. The Kier molecular flexibility index (Phi) is 5.84. The first-order valence-electron chi connectivity index (χ1n) is 10.3. The molecule has 1 aliphatic rings. The van der Waals surface area contributed by atoms with E-state index >= 15 is 0 Å². The van der Waals surface area contributed by atoms with E-state index < -0.39 is 17.6 Å². The van der Waals surface area contributed by atoms with Crippen LogP contribution in [-0.4, -0.2) is 39.4 Å². The average molecular weight is 457 g/mol. The summed E-state index contributed by atoms with van der Waals surface area (Å²) in [4.78, 5) is 30.0. The number of fused-ring (bicyclic) bond motifs is 1. The largest absolute Gasteiger partial charge is 0.416 e. The number of carbonyl (C=O) groups is 2. The maximum atomic E-state index is 13.2. The normalized spacial score (nSPS) is 16.6. The van der Waals surface area contributed by atoms with Crippen LogP contribution in [0.5, 0.6) is 0 Å². The Bertz CT molecular complexity index is 1230. The van der Waals surface area contributed by atoms with Crippen LogP contribution in [-0.2, 0) is 11.0 Å². The summed E-state index contributed by atoms with van der Waals surface area (Å²) >= 11 is 0. The lowest BCUT2D eigenvalue weighted by Crippen LogP contribution is -2.40. The van der Waals surface area contributed by atoms with Gasteiger partial charge in [0.1, 0.15) is 0 Å². The second-order valence-electron chi connectivity index (χ2n) is 7.86. The topological polar surface area (TPSA) is 93.2 Å². The molecule has 1 aromatic heterocycles. The number of nitrogens with one attached hydrogen (secondary N) is 1. The third-order valence-corrected chi connectivity index (χ3v) is 5.67. The van der Waals surface area contributed by atoms with Gasteiger partial charge in [-0.25, -0.2) is 4.98 Å². The van der Waals surface area contributed by atoms with Crippen molar-refractivity contribution >= 4 is 34.5 Å². The van der Waals surface area contributed by atoms with Gasteiger partial charge in [-0.1, -0.05) is 12.6 Å². The van der Waals surface area contributed by atoms with Gasteiger partial charge >= 0.3 is 6.18 Å². The molecule has 2 aromatic carbocycles. The molecule has 3 N–H and O–H groups in total. The lowest BCUT2D eigenvalue weighted by molar-refractivity contribution is -0.137. The number of rotatable bonds is 5. The summed E-state index contributed by atoms with van der Waals surface area (Å²) in [7, 11) is 0. The first kappa shape index (κ1) is 22.4. The molecule has 0 spiro atoms. The van der Waals surface area contributed by atoms with E-state index in [0.717, 1.165) is 25.0 Å². The number of nitrogens with zero attached hydrogens (tertiary/aromatic N) is 3. The zero-order valence-electron chi connectivity index (χ0n) is 17.6. The zero-order valence-corrected chi connectivity index (χ0v) is 17.6. The minimum absolute atomic E-state index is 0.180. The summed E-state index contributed by atoms with van der Waals surface area (Å²) in [5.41, 5.74) is 6.23. The minimum atomic E-state index is -4.48. The zero-order chi connectivity index (χ0) is 23.8. The Balaban J connectivity index is 1.79. The van der Waals surface area contributed by atoms with Gasteiger partial charge in [-0.2, -0.15) is 13.2 Å². The Labute approximate surface area is 187 Å². The summed E-state index contributed by atoms with van der Waals surface area (Å²) < 4.78 is 41.4. The Hall–Kier alpha value is -3.82. The lowest BCUT2D eigenvalue weighted by Gasteiger charge is -2.34. The van der Waals surface area contributed by atoms with Crippen LogP contribution in [0.1, 0.15) is 34.8 Å². The van der Waals surface area contributed by atoms with Gasteiger partial charge < -0.3 is 20.5 Å². The van der Waals surface area contributed by atoms with Crippen molar-refractivity contribution in [2.75, 3.05) is 18.4 Å².